The Hall–Kier alpha value is 7.88. The molecule has 33 valence electrons. The fraction of sp³-hybridized carbons (Fsp3) is 0. The van der Waals surface area contributed by atoms with E-state index in [2.05, 4.69) is 0 Å². The van der Waals surface area contributed by atoms with Gasteiger partial charge in [0.1, 0.15) is 0 Å². The normalized spacial score (nSPS) is 0. The second-order valence-corrected chi connectivity index (χ2v) is 0. The predicted molar refractivity (Wildman–Crippen MR) is 29.8 cm³/mol. The van der Waals surface area contributed by atoms with Gasteiger partial charge >= 0.3 is 59.4 Å². The van der Waals surface area contributed by atoms with E-state index in [4.69, 9.17) is 0 Å². The predicted octanol–water partition coefficient (Wildman–Crippen LogP) is -3.55. The van der Waals surface area contributed by atoms with E-state index in [0.29, 0.717) is 0 Å². The fourth-order valence-corrected chi connectivity index (χ4v) is 0. The summed E-state index contributed by atoms with van der Waals surface area (Å²) >= 11 is 0. The molecule has 0 saturated heterocycles. The standard InChI is InChI=1S/3Ga.5La.9H. The molecule has 0 nitrogen and oxygen atoms in total. The number of hydrogen-bond donors (Lipinski definition) is 0. The van der Waals surface area contributed by atoms with E-state index in [1.54, 1.807) is 0 Å². The van der Waals surface area contributed by atoms with Crippen LogP contribution in [0.5, 0.6) is 0 Å². The van der Waals surface area contributed by atoms with Gasteiger partial charge in [0.25, 0.3) is 0 Å². The molecule has 0 bridgehead atoms. The van der Waals surface area contributed by atoms with Crippen LogP contribution in [0.2, 0.25) is 0 Å². The average Bonchev–Trinajstić information content (AvgIpc) is 0. The third-order valence-corrected chi connectivity index (χ3v) is 0. The van der Waals surface area contributed by atoms with Crippen molar-refractivity contribution in [2.75, 3.05) is 0 Å². The summed E-state index contributed by atoms with van der Waals surface area (Å²) < 4.78 is 0. The van der Waals surface area contributed by atoms with Crippen LogP contribution in [0, 0.1) is 178 Å². The van der Waals surface area contributed by atoms with E-state index in [9.17, 15) is 0 Å². The van der Waals surface area contributed by atoms with E-state index < -0.39 is 0 Å². The summed E-state index contributed by atoms with van der Waals surface area (Å²) in [7, 11) is 0. The fourth-order valence-electron chi connectivity index (χ4n) is 0. The minimum absolute atomic E-state index is 0. The van der Waals surface area contributed by atoms with Gasteiger partial charge in [-0.3, -0.25) is 0 Å². The number of rotatable bonds is 0. The van der Waals surface area contributed by atoms with Crippen LogP contribution in [0.25, 0.3) is 0 Å². The van der Waals surface area contributed by atoms with Gasteiger partial charge in [-0.05, 0) is 0 Å². The van der Waals surface area contributed by atoms with Crippen molar-refractivity contribution < 1.29 is 178 Å². The summed E-state index contributed by atoms with van der Waals surface area (Å²) in [6.45, 7) is 0. The summed E-state index contributed by atoms with van der Waals surface area (Å²) in [6, 6.07) is 0. The smallest absolute Gasteiger partial charge is 0 e. The van der Waals surface area contributed by atoms with E-state index in [1.165, 1.54) is 0 Å². The Morgan fingerprint density at radius 2 is 0.250 bits per heavy atom. The van der Waals surface area contributed by atoms with E-state index in [1.807, 2.05) is 0 Å². The molecule has 0 N–H and O–H groups in total. The maximum atomic E-state index is 0. The molecule has 8 heteroatoms. The zero-order valence-electron chi connectivity index (χ0n) is 2.89. The molecule has 0 aromatic heterocycles. The second-order valence-electron chi connectivity index (χ2n) is 0. The van der Waals surface area contributed by atoms with Crippen molar-refractivity contribution in [2.24, 2.45) is 0 Å². The molecule has 0 aliphatic rings. The zero-order chi connectivity index (χ0) is 0. The average molecular weight is 913 g/mol. The molecule has 0 aromatic carbocycles. The molecule has 0 rings (SSSR count). The third-order valence-electron chi connectivity index (χ3n) is 0. The molecule has 0 heterocycles. The van der Waals surface area contributed by atoms with Gasteiger partial charge in [0, 0.05) is 178 Å². The molecule has 0 aromatic rings. The first-order valence-electron chi connectivity index (χ1n) is 0. The van der Waals surface area contributed by atoms with Crippen LogP contribution in [-0.4, -0.2) is 59.4 Å². The Labute approximate surface area is 229 Å². The Bertz CT molecular complexity index is 7.64. The Balaban J connectivity index is 0. The largest absolute Gasteiger partial charge is 0 e. The molecule has 0 saturated carbocycles. The Morgan fingerprint density at radius 1 is 0.250 bits per heavy atom. The maximum Gasteiger partial charge on any atom is 0 e. The minimum atomic E-state index is 0. The van der Waals surface area contributed by atoms with Crippen molar-refractivity contribution in [3.8, 4) is 0 Å². The van der Waals surface area contributed by atoms with Crippen molar-refractivity contribution in [1.29, 1.82) is 0 Å². The van der Waals surface area contributed by atoms with Crippen molar-refractivity contribution >= 4 is 59.4 Å². The quantitative estimate of drug-likeness (QED) is 0.222. The minimum Gasteiger partial charge on any atom is 0 e. The maximum absolute atomic E-state index is 0. The van der Waals surface area contributed by atoms with Crippen LogP contribution >= 0.6 is 0 Å². The molecular weight excluding hydrogens is 904 g/mol. The van der Waals surface area contributed by atoms with Gasteiger partial charge in [0.2, 0.25) is 0 Å². The van der Waals surface area contributed by atoms with Crippen LogP contribution in [-0.2, 0) is 0 Å². The van der Waals surface area contributed by atoms with Crippen molar-refractivity contribution in [2.45, 2.75) is 0 Å². The van der Waals surface area contributed by atoms with Gasteiger partial charge in [-0.25, -0.2) is 0 Å². The van der Waals surface area contributed by atoms with Crippen LogP contribution in [0.3, 0.4) is 0 Å². The van der Waals surface area contributed by atoms with Crippen LogP contribution in [0.4, 0.5) is 0 Å². The second kappa shape index (κ2) is 46.2. The molecule has 0 aliphatic carbocycles. The van der Waals surface area contributed by atoms with Crippen molar-refractivity contribution in [3.05, 3.63) is 0 Å². The molecule has 0 fully saturated rings. The van der Waals surface area contributed by atoms with Crippen LogP contribution < -0.4 is 0 Å². The molecule has 5 radical (unpaired) electrons. The van der Waals surface area contributed by atoms with Gasteiger partial charge < -0.3 is 0 Å². The monoisotopic (exact) mass is 910 g/mol. The summed E-state index contributed by atoms with van der Waals surface area (Å²) in [4.78, 5) is 0. The van der Waals surface area contributed by atoms with E-state index in [-0.39, 0.29) is 237 Å². The zero-order valence-corrected chi connectivity index (χ0v) is 21.0. The van der Waals surface area contributed by atoms with Gasteiger partial charge in [-0.2, -0.15) is 0 Å². The molecule has 8 heavy (non-hydrogen) atoms. The summed E-state index contributed by atoms with van der Waals surface area (Å²) in [5.74, 6) is 0. The molecule has 0 spiro atoms. The Morgan fingerprint density at radius 3 is 0.250 bits per heavy atom. The van der Waals surface area contributed by atoms with Gasteiger partial charge in [0.05, 0.1) is 0 Å². The first-order valence-corrected chi connectivity index (χ1v) is 0. The molecule has 0 amide bonds. The van der Waals surface area contributed by atoms with E-state index >= 15 is 0 Å². The molecular formula is H9Ga3La5. The first kappa shape index (κ1) is 56.6. The summed E-state index contributed by atoms with van der Waals surface area (Å²) in [5.41, 5.74) is 0. The SMILES string of the molecule is [GaH3].[GaH3].[GaH3].[La].[La].[La].[La].[La]. The molecule has 0 atom stereocenters. The van der Waals surface area contributed by atoms with Gasteiger partial charge in [-0.15, -0.1) is 0 Å². The molecule has 0 unspecified atom stereocenters. The Kier molecular flexibility index (Phi) is 327. The van der Waals surface area contributed by atoms with Crippen LogP contribution in [0.15, 0.2) is 0 Å². The summed E-state index contributed by atoms with van der Waals surface area (Å²) in [6.07, 6.45) is 0. The topological polar surface area (TPSA) is 0 Å². The van der Waals surface area contributed by atoms with Crippen molar-refractivity contribution in [3.63, 3.8) is 0 Å². The van der Waals surface area contributed by atoms with Crippen LogP contribution in [0.1, 0.15) is 0 Å². The van der Waals surface area contributed by atoms with Crippen molar-refractivity contribution in [1.82, 2.24) is 0 Å². The van der Waals surface area contributed by atoms with E-state index in [0.717, 1.165) is 0 Å². The third kappa shape index (κ3) is 37.1. The summed E-state index contributed by atoms with van der Waals surface area (Å²) in [5, 5.41) is 0. The van der Waals surface area contributed by atoms with Gasteiger partial charge in [0.15, 0.2) is 0 Å². The number of hydrogen-bond acceptors (Lipinski definition) is 0. The van der Waals surface area contributed by atoms with Gasteiger partial charge in [-0.1, -0.05) is 0 Å². The first-order chi connectivity index (χ1) is 0. The molecule has 0 aliphatic heterocycles.